The molecule has 1 amide bonds. The highest BCUT2D eigenvalue weighted by Crippen LogP contribution is 2.40. The topological polar surface area (TPSA) is 32.3 Å². The average molecular weight is 339 g/mol. The highest BCUT2D eigenvalue weighted by Gasteiger charge is 2.36. The number of amides is 1. The molecule has 5 heteroatoms. The predicted octanol–water partition coefficient (Wildman–Crippen LogP) is 2.76. The number of hydrogen-bond donors (Lipinski definition) is 1. The van der Waals surface area contributed by atoms with Crippen molar-refractivity contribution in [3.8, 4) is 0 Å². The minimum absolute atomic E-state index is 0. The minimum Gasteiger partial charge on any atom is -0.342 e. The van der Waals surface area contributed by atoms with E-state index < -0.39 is 0 Å². The van der Waals surface area contributed by atoms with Crippen molar-refractivity contribution in [2.75, 3.05) is 31.9 Å². The van der Waals surface area contributed by atoms with Crippen LogP contribution in [0.3, 0.4) is 0 Å². The number of rotatable bonds is 1. The van der Waals surface area contributed by atoms with E-state index in [1.165, 1.54) is 23.3 Å². The molecule has 0 saturated carbocycles. The van der Waals surface area contributed by atoms with Gasteiger partial charge in [0.05, 0.1) is 5.92 Å². The molecule has 1 unspecified atom stereocenters. The molecular formula is C17H23ClN2OS. The van der Waals surface area contributed by atoms with E-state index in [1.807, 2.05) is 11.8 Å². The molecule has 0 radical (unpaired) electrons. The van der Waals surface area contributed by atoms with Crippen molar-refractivity contribution in [3.05, 3.63) is 29.8 Å². The summed E-state index contributed by atoms with van der Waals surface area (Å²) in [6.07, 6.45) is 2.34. The second-order valence-corrected chi connectivity index (χ2v) is 7.54. The summed E-state index contributed by atoms with van der Waals surface area (Å²) in [6.45, 7) is 4.19. The summed E-state index contributed by atoms with van der Waals surface area (Å²) in [7, 11) is 0. The highest BCUT2D eigenvalue weighted by atomic mass is 35.5. The molecule has 3 nitrogen and oxygen atoms in total. The monoisotopic (exact) mass is 338 g/mol. The molecule has 0 aromatic heterocycles. The molecule has 4 rings (SSSR count). The van der Waals surface area contributed by atoms with Crippen LogP contribution in [0.2, 0.25) is 0 Å². The van der Waals surface area contributed by atoms with Crippen molar-refractivity contribution in [3.63, 3.8) is 0 Å². The van der Waals surface area contributed by atoms with Crippen LogP contribution >= 0.6 is 24.2 Å². The van der Waals surface area contributed by atoms with E-state index in [1.54, 1.807) is 0 Å². The number of hydrogen-bond acceptors (Lipinski definition) is 3. The van der Waals surface area contributed by atoms with Crippen LogP contribution in [0.15, 0.2) is 29.2 Å². The Balaban J connectivity index is 0.00000144. The lowest BCUT2D eigenvalue weighted by Gasteiger charge is -2.24. The lowest BCUT2D eigenvalue weighted by atomic mass is 9.92. The quantitative estimate of drug-likeness (QED) is 0.854. The Morgan fingerprint density at radius 2 is 1.82 bits per heavy atom. The fraction of sp³-hybridized carbons (Fsp3) is 0.588. The first-order valence-corrected chi connectivity index (χ1v) is 9.02. The zero-order valence-corrected chi connectivity index (χ0v) is 14.3. The van der Waals surface area contributed by atoms with Gasteiger partial charge in [-0.3, -0.25) is 4.79 Å². The number of benzene rings is 1. The van der Waals surface area contributed by atoms with Crippen molar-refractivity contribution in [2.24, 2.45) is 11.8 Å². The van der Waals surface area contributed by atoms with Gasteiger partial charge in [0.2, 0.25) is 5.91 Å². The number of carbonyl (C=O) groups excluding carboxylic acids is 1. The van der Waals surface area contributed by atoms with Crippen LogP contribution < -0.4 is 5.32 Å². The first-order chi connectivity index (χ1) is 10.3. The van der Waals surface area contributed by atoms with Crippen LogP contribution in [0.4, 0.5) is 0 Å². The zero-order chi connectivity index (χ0) is 14.2. The van der Waals surface area contributed by atoms with Gasteiger partial charge < -0.3 is 10.2 Å². The van der Waals surface area contributed by atoms with Crippen LogP contribution in [0.25, 0.3) is 0 Å². The minimum atomic E-state index is 0. The number of likely N-dealkylation sites (tertiary alicyclic amines) is 1. The van der Waals surface area contributed by atoms with Crippen LogP contribution in [-0.4, -0.2) is 42.7 Å². The second kappa shape index (κ2) is 6.81. The van der Waals surface area contributed by atoms with Crippen LogP contribution in [-0.2, 0) is 4.79 Å². The lowest BCUT2D eigenvalue weighted by molar-refractivity contribution is -0.132. The molecule has 3 heterocycles. The molecule has 0 bridgehead atoms. The van der Waals surface area contributed by atoms with E-state index in [-0.39, 0.29) is 18.3 Å². The van der Waals surface area contributed by atoms with Gasteiger partial charge in [0, 0.05) is 23.7 Å². The van der Waals surface area contributed by atoms with Crippen LogP contribution in [0.1, 0.15) is 24.3 Å². The Hall–Kier alpha value is -0.710. The van der Waals surface area contributed by atoms with Gasteiger partial charge in [0.1, 0.15) is 0 Å². The fourth-order valence-electron chi connectivity index (χ4n) is 4.03. The molecular weight excluding hydrogens is 316 g/mol. The van der Waals surface area contributed by atoms with Crippen molar-refractivity contribution >= 4 is 30.1 Å². The number of nitrogens with one attached hydrogen (secondary N) is 1. The summed E-state index contributed by atoms with van der Waals surface area (Å²) < 4.78 is 0. The molecule has 1 N–H and O–H groups in total. The maximum absolute atomic E-state index is 12.9. The van der Waals surface area contributed by atoms with E-state index in [2.05, 4.69) is 34.5 Å². The molecule has 2 fully saturated rings. The van der Waals surface area contributed by atoms with Gasteiger partial charge in [0.25, 0.3) is 0 Å². The van der Waals surface area contributed by atoms with Crippen LogP contribution in [0.5, 0.6) is 0 Å². The Labute approximate surface area is 142 Å². The lowest BCUT2D eigenvalue weighted by Crippen LogP contribution is -2.36. The third-order valence-corrected chi connectivity index (χ3v) is 6.51. The van der Waals surface area contributed by atoms with Gasteiger partial charge in [-0.2, -0.15) is 0 Å². The standard InChI is InChI=1S/C17H22N2OS.ClH/c20-17(15-11-21-16-4-2-1-3-14(15)16)19-7-5-12-9-18-10-13(12)6-8-19;/h1-4,12-13,15,18H,5-11H2;1H/t12-,13+,15?;. The molecule has 3 aliphatic rings. The van der Waals surface area contributed by atoms with E-state index >= 15 is 0 Å². The zero-order valence-electron chi connectivity index (χ0n) is 12.7. The number of fused-ring (bicyclic) bond motifs is 2. The van der Waals surface area contributed by atoms with Crippen molar-refractivity contribution in [1.29, 1.82) is 0 Å². The maximum Gasteiger partial charge on any atom is 0.231 e. The highest BCUT2D eigenvalue weighted by molar-refractivity contribution is 7.99. The van der Waals surface area contributed by atoms with Crippen LogP contribution in [0, 0.1) is 11.8 Å². The molecule has 1 aromatic rings. The third kappa shape index (κ3) is 2.89. The Bertz CT molecular complexity index is 539. The second-order valence-electron chi connectivity index (χ2n) is 6.48. The van der Waals surface area contributed by atoms with E-state index in [4.69, 9.17) is 0 Å². The van der Waals surface area contributed by atoms with E-state index in [0.717, 1.165) is 43.8 Å². The Morgan fingerprint density at radius 3 is 2.55 bits per heavy atom. The normalized spacial score (nSPS) is 30.2. The van der Waals surface area contributed by atoms with Gasteiger partial charge in [-0.15, -0.1) is 24.2 Å². The van der Waals surface area contributed by atoms with Gasteiger partial charge >= 0.3 is 0 Å². The number of nitrogens with zero attached hydrogens (tertiary/aromatic N) is 1. The summed E-state index contributed by atoms with van der Waals surface area (Å²) in [5.74, 6) is 2.94. The first-order valence-electron chi connectivity index (χ1n) is 8.04. The molecule has 1 aromatic carbocycles. The maximum atomic E-state index is 12.9. The van der Waals surface area contributed by atoms with Crippen molar-refractivity contribution in [1.82, 2.24) is 10.2 Å². The average Bonchev–Trinajstić information content (AvgIpc) is 3.09. The number of thioether (sulfide) groups is 1. The number of carbonyl (C=O) groups is 1. The largest absolute Gasteiger partial charge is 0.342 e. The van der Waals surface area contributed by atoms with Crippen molar-refractivity contribution < 1.29 is 4.79 Å². The molecule has 22 heavy (non-hydrogen) atoms. The van der Waals surface area contributed by atoms with Gasteiger partial charge in [-0.1, -0.05) is 18.2 Å². The summed E-state index contributed by atoms with van der Waals surface area (Å²) in [6, 6.07) is 8.41. The third-order valence-electron chi connectivity index (χ3n) is 5.33. The summed E-state index contributed by atoms with van der Waals surface area (Å²) in [4.78, 5) is 16.4. The summed E-state index contributed by atoms with van der Waals surface area (Å²) in [5.41, 5.74) is 1.25. The smallest absolute Gasteiger partial charge is 0.231 e. The summed E-state index contributed by atoms with van der Waals surface area (Å²) >= 11 is 1.83. The first kappa shape index (κ1) is 16.2. The Kier molecular flexibility index (Phi) is 5.00. The Morgan fingerprint density at radius 1 is 1.14 bits per heavy atom. The van der Waals surface area contributed by atoms with Crippen molar-refractivity contribution in [2.45, 2.75) is 23.7 Å². The van der Waals surface area contributed by atoms with E-state index in [0.29, 0.717) is 5.91 Å². The van der Waals surface area contributed by atoms with Gasteiger partial charge in [-0.25, -0.2) is 0 Å². The SMILES string of the molecule is Cl.O=C(C1CSc2ccccc21)N1CC[C@@H]2CNC[C@@H]2CC1. The molecule has 3 atom stereocenters. The molecule has 3 aliphatic heterocycles. The summed E-state index contributed by atoms with van der Waals surface area (Å²) in [5, 5.41) is 3.50. The molecule has 2 saturated heterocycles. The van der Waals surface area contributed by atoms with Gasteiger partial charge in [-0.05, 0) is 49.4 Å². The van der Waals surface area contributed by atoms with Gasteiger partial charge in [0.15, 0.2) is 0 Å². The van der Waals surface area contributed by atoms with E-state index in [9.17, 15) is 4.79 Å². The molecule has 0 aliphatic carbocycles. The fourth-order valence-corrected chi connectivity index (χ4v) is 5.25. The number of halogens is 1. The predicted molar refractivity (Wildman–Crippen MR) is 92.8 cm³/mol. The molecule has 120 valence electrons. The molecule has 0 spiro atoms.